The Balaban J connectivity index is 2.13. The van der Waals surface area contributed by atoms with Gasteiger partial charge in [0.1, 0.15) is 5.82 Å². The smallest absolute Gasteiger partial charge is 0.133 e. The summed E-state index contributed by atoms with van der Waals surface area (Å²) in [5, 5.41) is 3.47. The van der Waals surface area contributed by atoms with Gasteiger partial charge < -0.3 is 15.0 Å². The lowest BCUT2D eigenvalue weighted by Gasteiger charge is -2.30. The third kappa shape index (κ3) is 3.58. The predicted octanol–water partition coefficient (Wildman–Crippen LogP) is 2.54. The fraction of sp³-hybridized carbons (Fsp3) is 0.562. The molecule has 110 valence electrons. The fourth-order valence-corrected chi connectivity index (χ4v) is 2.65. The molecule has 1 aromatic rings. The average Bonchev–Trinajstić information content (AvgIpc) is 2.49. The molecule has 2 heterocycles. The van der Waals surface area contributed by atoms with Crippen LogP contribution in [0.4, 0.5) is 5.82 Å². The summed E-state index contributed by atoms with van der Waals surface area (Å²) in [6.07, 6.45) is 5.20. The van der Waals surface area contributed by atoms with Gasteiger partial charge in [0.05, 0.1) is 6.61 Å². The van der Waals surface area contributed by atoms with Crippen molar-refractivity contribution >= 4 is 5.82 Å². The second-order valence-corrected chi connectivity index (χ2v) is 5.19. The number of rotatable bonds is 6. The number of hydrogen-bond donors (Lipinski definition) is 1. The third-order valence-electron chi connectivity index (χ3n) is 3.73. The van der Waals surface area contributed by atoms with Crippen molar-refractivity contribution in [2.45, 2.75) is 26.3 Å². The van der Waals surface area contributed by atoms with Crippen LogP contribution in [-0.2, 0) is 4.74 Å². The molecule has 1 unspecified atom stereocenters. The SMILES string of the molecule is CCNC(C)c1cccnc1N1CC=C(COC)CC1. The summed E-state index contributed by atoms with van der Waals surface area (Å²) in [5.41, 5.74) is 2.67. The molecule has 0 aliphatic carbocycles. The van der Waals surface area contributed by atoms with Crippen LogP contribution in [0.15, 0.2) is 30.0 Å². The van der Waals surface area contributed by atoms with E-state index < -0.39 is 0 Å². The number of nitrogens with zero attached hydrogens (tertiary/aromatic N) is 2. The van der Waals surface area contributed by atoms with Gasteiger partial charge in [0.25, 0.3) is 0 Å². The number of hydrogen-bond acceptors (Lipinski definition) is 4. The Morgan fingerprint density at radius 2 is 2.35 bits per heavy atom. The van der Waals surface area contributed by atoms with Gasteiger partial charge in [-0.2, -0.15) is 0 Å². The summed E-state index contributed by atoms with van der Waals surface area (Å²) in [6, 6.07) is 4.51. The highest BCUT2D eigenvalue weighted by Crippen LogP contribution is 2.26. The first-order chi connectivity index (χ1) is 9.76. The normalized spacial score (nSPS) is 16.9. The average molecular weight is 275 g/mol. The fourth-order valence-electron chi connectivity index (χ4n) is 2.65. The van der Waals surface area contributed by atoms with Crippen LogP contribution in [-0.4, -0.2) is 38.3 Å². The molecule has 1 aliphatic rings. The Bertz CT molecular complexity index is 459. The van der Waals surface area contributed by atoms with E-state index in [2.05, 4.69) is 41.2 Å². The van der Waals surface area contributed by atoms with Gasteiger partial charge in [-0.1, -0.05) is 19.1 Å². The lowest BCUT2D eigenvalue weighted by molar-refractivity contribution is 0.222. The molecule has 1 aromatic heterocycles. The van der Waals surface area contributed by atoms with E-state index in [9.17, 15) is 0 Å². The minimum atomic E-state index is 0.327. The van der Waals surface area contributed by atoms with Gasteiger partial charge in [-0.3, -0.25) is 0 Å². The molecule has 1 aliphatic heterocycles. The largest absolute Gasteiger partial charge is 0.380 e. The quantitative estimate of drug-likeness (QED) is 0.810. The van der Waals surface area contributed by atoms with E-state index in [4.69, 9.17) is 4.74 Å². The molecule has 4 nitrogen and oxygen atoms in total. The van der Waals surface area contributed by atoms with Crippen LogP contribution in [0.2, 0.25) is 0 Å². The van der Waals surface area contributed by atoms with E-state index in [1.54, 1.807) is 7.11 Å². The monoisotopic (exact) mass is 275 g/mol. The van der Waals surface area contributed by atoms with Crippen LogP contribution < -0.4 is 10.2 Å². The standard InChI is InChI=1S/C16H25N3O/c1-4-17-13(2)15-6-5-9-18-16(15)19-10-7-14(8-11-19)12-20-3/h5-7,9,13,17H,4,8,10-12H2,1-3H3. The zero-order valence-electron chi connectivity index (χ0n) is 12.7. The molecule has 0 bridgehead atoms. The Morgan fingerprint density at radius 3 is 3.00 bits per heavy atom. The van der Waals surface area contributed by atoms with Gasteiger partial charge >= 0.3 is 0 Å². The zero-order chi connectivity index (χ0) is 14.4. The lowest BCUT2D eigenvalue weighted by atomic mass is 10.1. The summed E-state index contributed by atoms with van der Waals surface area (Å²) in [5.74, 6) is 1.11. The van der Waals surface area contributed by atoms with E-state index >= 15 is 0 Å². The van der Waals surface area contributed by atoms with Gasteiger partial charge in [-0.15, -0.1) is 0 Å². The molecule has 0 aromatic carbocycles. The van der Waals surface area contributed by atoms with Crippen molar-refractivity contribution in [2.75, 3.05) is 38.3 Å². The molecule has 2 rings (SSSR count). The maximum absolute atomic E-state index is 5.20. The minimum Gasteiger partial charge on any atom is -0.380 e. The summed E-state index contributed by atoms with van der Waals surface area (Å²) in [4.78, 5) is 6.95. The van der Waals surface area contributed by atoms with Crippen molar-refractivity contribution in [3.05, 3.63) is 35.5 Å². The third-order valence-corrected chi connectivity index (χ3v) is 3.73. The van der Waals surface area contributed by atoms with E-state index in [0.29, 0.717) is 6.04 Å². The molecular formula is C16H25N3O. The highest BCUT2D eigenvalue weighted by molar-refractivity contribution is 5.50. The number of nitrogens with one attached hydrogen (secondary N) is 1. The highest BCUT2D eigenvalue weighted by atomic mass is 16.5. The summed E-state index contributed by atoms with van der Waals surface area (Å²) in [7, 11) is 1.75. The first-order valence-electron chi connectivity index (χ1n) is 7.36. The molecular weight excluding hydrogens is 250 g/mol. The minimum absolute atomic E-state index is 0.327. The molecule has 0 saturated carbocycles. The first kappa shape index (κ1) is 15.0. The van der Waals surface area contributed by atoms with Crippen molar-refractivity contribution in [1.82, 2.24) is 10.3 Å². The van der Waals surface area contributed by atoms with Gasteiger partial charge in [0.15, 0.2) is 0 Å². The molecule has 20 heavy (non-hydrogen) atoms. The predicted molar refractivity (Wildman–Crippen MR) is 83.1 cm³/mol. The van der Waals surface area contributed by atoms with Crippen molar-refractivity contribution in [2.24, 2.45) is 0 Å². The van der Waals surface area contributed by atoms with Gasteiger partial charge in [-0.05, 0) is 31.5 Å². The molecule has 4 heteroatoms. The van der Waals surface area contributed by atoms with Crippen molar-refractivity contribution in [3.8, 4) is 0 Å². The molecule has 1 atom stereocenters. The number of ether oxygens (including phenoxy) is 1. The molecule has 0 radical (unpaired) electrons. The second-order valence-electron chi connectivity index (χ2n) is 5.19. The van der Waals surface area contributed by atoms with Gasteiger partial charge in [-0.25, -0.2) is 4.98 Å². The van der Waals surface area contributed by atoms with Gasteiger partial charge in [0, 0.05) is 38.0 Å². The summed E-state index contributed by atoms with van der Waals surface area (Å²) in [6.45, 7) is 7.97. The summed E-state index contributed by atoms with van der Waals surface area (Å²) >= 11 is 0. The molecule has 0 saturated heterocycles. The topological polar surface area (TPSA) is 37.4 Å². The maximum Gasteiger partial charge on any atom is 0.133 e. The molecule has 0 amide bonds. The molecule has 0 fully saturated rings. The molecule has 0 spiro atoms. The maximum atomic E-state index is 5.20. The number of pyridine rings is 1. The van der Waals surface area contributed by atoms with E-state index in [-0.39, 0.29) is 0 Å². The van der Waals surface area contributed by atoms with E-state index in [1.165, 1.54) is 11.1 Å². The zero-order valence-corrected chi connectivity index (χ0v) is 12.7. The van der Waals surface area contributed by atoms with Gasteiger partial charge in [0.2, 0.25) is 0 Å². The lowest BCUT2D eigenvalue weighted by Crippen LogP contribution is -2.32. The van der Waals surface area contributed by atoms with Crippen molar-refractivity contribution in [1.29, 1.82) is 0 Å². The number of anilines is 1. The Kier molecular flexibility index (Phi) is 5.56. The summed E-state index contributed by atoms with van der Waals surface area (Å²) < 4.78 is 5.20. The van der Waals surface area contributed by atoms with Crippen LogP contribution in [0.1, 0.15) is 31.9 Å². The highest BCUT2D eigenvalue weighted by Gasteiger charge is 2.18. The van der Waals surface area contributed by atoms with E-state index in [0.717, 1.165) is 38.5 Å². The Labute approximate surface area is 121 Å². The first-order valence-corrected chi connectivity index (χ1v) is 7.36. The molecule has 1 N–H and O–H groups in total. The Hall–Kier alpha value is -1.39. The van der Waals surface area contributed by atoms with Crippen LogP contribution in [0.25, 0.3) is 0 Å². The van der Waals surface area contributed by atoms with Crippen LogP contribution in [0.5, 0.6) is 0 Å². The number of aromatic nitrogens is 1. The number of methoxy groups -OCH3 is 1. The Morgan fingerprint density at radius 1 is 1.50 bits per heavy atom. The van der Waals surface area contributed by atoms with Crippen LogP contribution >= 0.6 is 0 Å². The van der Waals surface area contributed by atoms with Crippen molar-refractivity contribution < 1.29 is 4.74 Å². The second kappa shape index (κ2) is 7.41. The van der Waals surface area contributed by atoms with Crippen molar-refractivity contribution in [3.63, 3.8) is 0 Å². The van der Waals surface area contributed by atoms with Crippen LogP contribution in [0, 0.1) is 0 Å². The van der Waals surface area contributed by atoms with Crippen LogP contribution in [0.3, 0.4) is 0 Å². The van der Waals surface area contributed by atoms with E-state index in [1.807, 2.05) is 12.3 Å².